The van der Waals surface area contributed by atoms with Gasteiger partial charge < -0.3 is 9.64 Å². The third-order valence-electron chi connectivity index (χ3n) is 5.63. The number of rotatable bonds is 6. The van der Waals surface area contributed by atoms with Crippen LogP contribution in [0.15, 0.2) is 46.9 Å². The normalized spacial score (nSPS) is 15.3. The van der Waals surface area contributed by atoms with E-state index in [0.717, 1.165) is 17.0 Å². The topological polar surface area (TPSA) is 106 Å². The lowest BCUT2D eigenvalue weighted by Gasteiger charge is -2.34. The maximum Gasteiger partial charge on any atom is 0.252 e. The zero-order valence-corrected chi connectivity index (χ0v) is 19.9. The predicted octanol–water partition coefficient (Wildman–Crippen LogP) is 2.35. The number of aromatic nitrogens is 5. The van der Waals surface area contributed by atoms with E-state index in [4.69, 9.17) is 4.74 Å². The van der Waals surface area contributed by atoms with Crippen LogP contribution in [0.5, 0.6) is 5.75 Å². The zero-order valence-electron chi connectivity index (χ0n) is 18.2. The molecule has 1 aromatic carbocycles. The van der Waals surface area contributed by atoms with Crippen LogP contribution in [-0.4, -0.2) is 71.0 Å². The monoisotopic (exact) mass is 485 g/mol. The predicted molar refractivity (Wildman–Crippen MR) is 126 cm³/mol. The Balaban J connectivity index is 1.38. The number of aryl methyl sites for hydroxylation is 1. The molecule has 10 nitrogen and oxygen atoms in total. The van der Waals surface area contributed by atoms with Crippen molar-refractivity contribution in [2.24, 2.45) is 0 Å². The molecule has 0 unspecified atom stereocenters. The molecule has 0 saturated carbocycles. The number of piperazine rings is 1. The fourth-order valence-corrected chi connectivity index (χ4v) is 6.71. The smallest absolute Gasteiger partial charge is 0.252 e. The van der Waals surface area contributed by atoms with Crippen molar-refractivity contribution in [1.29, 1.82) is 0 Å². The van der Waals surface area contributed by atoms with Crippen molar-refractivity contribution in [1.82, 2.24) is 29.3 Å². The summed E-state index contributed by atoms with van der Waals surface area (Å²) in [5.41, 5.74) is 1.93. The molecule has 1 aliphatic rings. The highest BCUT2D eigenvalue weighted by atomic mass is 32.2. The van der Waals surface area contributed by atoms with Gasteiger partial charge in [0, 0.05) is 37.1 Å². The van der Waals surface area contributed by atoms with E-state index in [1.165, 1.54) is 17.7 Å². The Bertz CT molecular complexity index is 1390. The minimum absolute atomic E-state index is 0.372. The highest BCUT2D eigenvalue weighted by Gasteiger charge is 2.31. The summed E-state index contributed by atoms with van der Waals surface area (Å²) in [6.07, 6.45) is 2.31. The van der Waals surface area contributed by atoms with Gasteiger partial charge in [-0.25, -0.2) is 18.4 Å². The third kappa shape index (κ3) is 3.94. The molecule has 0 aliphatic carbocycles. The molecule has 3 aromatic heterocycles. The summed E-state index contributed by atoms with van der Waals surface area (Å²) in [6, 6.07) is 11.1. The van der Waals surface area contributed by atoms with E-state index in [9.17, 15) is 8.42 Å². The van der Waals surface area contributed by atoms with E-state index in [2.05, 4.69) is 20.3 Å². The second-order valence-corrected chi connectivity index (χ2v) is 10.9. The molecule has 0 atom stereocenters. The van der Waals surface area contributed by atoms with Gasteiger partial charge in [0.25, 0.3) is 10.0 Å². The summed E-state index contributed by atoms with van der Waals surface area (Å²) >= 11 is 1.34. The molecule has 1 saturated heterocycles. The van der Waals surface area contributed by atoms with E-state index in [1.54, 1.807) is 22.2 Å². The molecule has 0 spiro atoms. The first kappa shape index (κ1) is 21.7. The molecule has 172 valence electrons. The molecule has 0 amide bonds. The molecule has 4 heterocycles. The van der Waals surface area contributed by atoms with Crippen LogP contribution in [0, 0.1) is 0 Å². The number of thiophene rings is 1. The van der Waals surface area contributed by atoms with E-state index < -0.39 is 10.0 Å². The van der Waals surface area contributed by atoms with Gasteiger partial charge in [-0.15, -0.1) is 16.4 Å². The van der Waals surface area contributed by atoms with Crippen LogP contribution in [-0.2, 0) is 16.4 Å². The molecule has 0 radical (unpaired) electrons. The number of nitrogens with zero attached hydrogens (tertiary/aromatic N) is 7. The van der Waals surface area contributed by atoms with E-state index in [1.807, 2.05) is 42.2 Å². The summed E-state index contributed by atoms with van der Waals surface area (Å²) in [4.78, 5) is 11.9. The lowest BCUT2D eigenvalue weighted by atomic mass is 10.3. The van der Waals surface area contributed by atoms with Crippen molar-refractivity contribution in [3.8, 4) is 11.4 Å². The Kier molecular flexibility index (Phi) is 5.72. The second kappa shape index (κ2) is 8.69. The maximum atomic E-state index is 13.0. The number of hydrogen-bond acceptors (Lipinski definition) is 9. The Hall–Kier alpha value is -3.09. The fourth-order valence-electron chi connectivity index (χ4n) is 3.84. The van der Waals surface area contributed by atoms with Gasteiger partial charge in [0.2, 0.25) is 0 Å². The molecule has 0 bridgehead atoms. The highest BCUT2D eigenvalue weighted by molar-refractivity contribution is 7.91. The molecular formula is C21H23N7O3S2. The summed E-state index contributed by atoms with van der Waals surface area (Å²) in [5.74, 6) is 1.36. The molecule has 4 aromatic rings. The van der Waals surface area contributed by atoms with E-state index in [-0.39, 0.29) is 0 Å². The van der Waals surface area contributed by atoms with Gasteiger partial charge in [0.15, 0.2) is 17.0 Å². The van der Waals surface area contributed by atoms with Gasteiger partial charge in [-0.3, -0.25) is 0 Å². The van der Waals surface area contributed by atoms with Gasteiger partial charge in [-0.05, 0) is 30.7 Å². The van der Waals surface area contributed by atoms with Gasteiger partial charge in [-0.1, -0.05) is 18.2 Å². The van der Waals surface area contributed by atoms with Gasteiger partial charge in [0.05, 0.1) is 12.8 Å². The minimum atomic E-state index is -3.49. The Morgan fingerprint density at radius 2 is 1.91 bits per heavy atom. The molecule has 5 rings (SSSR count). The quantitative estimate of drug-likeness (QED) is 0.410. The highest BCUT2D eigenvalue weighted by Crippen LogP contribution is 2.28. The number of sulfonamides is 1. The van der Waals surface area contributed by atoms with Crippen molar-refractivity contribution in [3.63, 3.8) is 0 Å². The number of anilines is 1. The molecule has 0 N–H and O–H groups in total. The first-order valence-corrected chi connectivity index (χ1v) is 12.8. The van der Waals surface area contributed by atoms with Crippen LogP contribution >= 0.6 is 11.3 Å². The zero-order chi connectivity index (χ0) is 23.0. The SMILES string of the molecule is CCc1ccc(S(=O)(=O)N2CCN(c3ncnc4c3nnn4-c3cccc(OC)c3)CC2)s1. The van der Waals surface area contributed by atoms with Crippen molar-refractivity contribution >= 4 is 38.3 Å². The minimum Gasteiger partial charge on any atom is -0.497 e. The van der Waals surface area contributed by atoms with Crippen molar-refractivity contribution < 1.29 is 13.2 Å². The van der Waals surface area contributed by atoms with Crippen molar-refractivity contribution in [2.45, 2.75) is 17.6 Å². The Morgan fingerprint density at radius 3 is 2.64 bits per heavy atom. The first-order valence-electron chi connectivity index (χ1n) is 10.6. The van der Waals surface area contributed by atoms with Crippen LogP contribution in [0.2, 0.25) is 0 Å². The fraction of sp³-hybridized carbons (Fsp3) is 0.333. The Morgan fingerprint density at radius 1 is 1.09 bits per heavy atom. The second-order valence-electron chi connectivity index (χ2n) is 7.54. The number of benzene rings is 1. The number of ether oxygens (including phenoxy) is 1. The van der Waals surface area contributed by atoms with Crippen LogP contribution in [0.25, 0.3) is 16.9 Å². The summed E-state index contributed by atoms with van der Waals surface area (Å²) in [6.45, 7) is 3.77. The molecule has 12 heteroatoms. The van der Waals surface area contributed by atoms with E-state index in [0.29, 0.717) is 53.1 Å². The Labute approximate surface area is 195 Å². The maximum absolute atomic E-state index is 13.0. The van der Waals surface area contributed by atoms with E-state index >= 15 is 0 Å². The molecule has 33 heavy (non-hydrogen) atoms. The molecule has 1 fully saturated rings. The standard InChI is InChI=1S/C21H23N7O3S2/c1-3-17-7-8-18(32-17)33(29,30)27-11-9-26(10-12-27)20-19-21(23-14-22-20)28(25-24-19)15-5-4-6-16(13-15)31-2/h4-8,13-14H,3,9-12H2,1-2H3. The largest absolute Gasteiger partial charge is 0.497 e. The van der Waals surface area contributed by atoms with Crippen molar-refractivity contribution in [3.05, 3.63) is 47.6 Å². The van der Waals surface area contributed by atoms with Gasteiger partial charge in [-0.2, -0.15) is 8.99 Å². The van der Waals surface area contributed by atoms with Crippen molar-refractivity contribution in [2.75, 3.05) is 38.2 Å². The summed E-state index contributed by atoms with van der Waals surface area (Å²) in [5, 5.41) is 8.61. The van der Waals surface area contributed by atoms with Crippen LogP contribution < -0.4 is 9.64 Å². The average molecular weight is 486 g/mol. The average Bonchev–Trinajstić information content (AvgIpc) is 3.52. The van der Waals surface area contributed by atoms with Crippen LogP contribution in [0.1, 0.15) is 11.8 Å². The summed E-state index contributed by atoms with van der Waals surface area (Å²) < 4.78 is 35.0. The first-order chi connectivity index (χ1) is 16.0. The number of hydrogen-bond donors (Lipinski definition) is 0. The van der Waals surface area contributed by atoms with Crippen LogP contribution in [0.3, 0.4) is 0 Å². The van der Waals surface area contributed by atoms with Crippen LogP contribution in [0.4, 0.5) is 5.82 Å². The third-order valence-corrected chi connectivity index (χ3v) is 9.23. The van der Waals surface area contributed by atoms with Gasteiger partial charge in [0.1, 0.15) is 16.3 Å². The molecular weight excluding hydrogens is 462 g/mol. The van der Waals surface area contributed by atoms with Gasteiger partial charge >= 0.3 is 0 Å². The number of fused-ring (bicyclic) bond motifs is 1. The lowest BCUT2D eigenvalue weighted by molar-refractivity contribution is 0.385. The number of methoxy groups -OCH3 is 1. The lowest BCUT2D eigenvalue weighted by Crippen LogP contribution is -2.48. The summed E-state index contributed by atoms with van der Waals surface area (Å²) in [7, 11) is -1.88. The molecule has 1 aliphatic heterocycles.